The van der Waals surface area contributed by atoms with Gasteiger partial charge in [0.05, 0.1) is 46.3 Å². The third kappa shape index (κ3) is 5.36. The van der Waals surface area contributed by atoms with E-state index in [-0.39, 0.29) is 0 Å². The molecule has 3 heteroatoms. The minimum Gasteiger partial charge on any atom is -0.335 e. The second-order valence-electron chi connectivity index (χ2n) is 5.99. The summed E-state index contributed by atoms with van der Waals surface area (Å²) in [6.07, 6.45) is 4.23. The highest BCUT2D eigenvalue weighted by atomic mass is 15.2. The smallest absolute Gasteiger partial charge is 0.127 e. The van der Waals surface area contributed by atoms with Crippen LogP contribution < -0.4 is 14.7 Å². The van der Waals surface area contributed by atoms with E-state index in [0.717, 1.165) is 6.04 Å². The van der Waals surface area contributed by atoms with Gasteiger partial charge < -0.3 is 14.7 Å². The molecular formula is C14H34N3+3. The molecule has 0 saturated carbocycles. The van der Waals surface area contributed by atoms with Crippen molar-refractivity contribution in [3.8, 4) is 0 Å². The van der Waals surface area contributed by atoms with Crippen LogP contribution in [-0.4, -0.2) is 59.4 Å². The topological polar surface area (TPSA) is 13.3 Å². The zero-order chi connectivity index (χ0) is 12.7. The second-order valence-corrected chi connectivity index (χ2v) is 5.99. The maximum absolute atomic E-state index is 2.35. The lowest BCUT2D eigenvalue weighted by Crippen LogP contribution is -3.23. The minimum absolute atomic E-state index is 0.944. The van der Waals surface area contributed by atoms with Crippen LogP contribution in [0.3, 0.4) is 0 Å². The molecular weight excluding hydrogens is 210 g/mol. The van der Waals surface area contributed by atoms with Gasteiger partial charge in [-0.3, -0.25) is 0 Å². The largest absolute Gasteiger partial charge is 0.335 e. The molecule has 0 aromatic heterocycles. The van der Waals surface area contributed by atoms with Gasteiger partial charge >= 0.3 is 0 Å². The zero-order valence-corrected chi connectivity index (χ0v) is 12.4. The van der Waals surface area contributed by atoms with Crippen molar-refractivity contribution in [3.63, 3.8) is 0 Å². The molecule has 0 aliphatic carbocycles. The molecule has 102 valence electrons. The van der Waals surface area contributed by atoms with Gasteiger partial charge in [0.15, 0.2) is 0 Å². The van der Waals surface area contributed by atoms with Crippen molar-refractivity contribution in [1.82, 2.24) is 0 Å². The molecule has 0 radical (unpaired) electrons. The first-order valence-corrected chi connectivity index (χ1v) is 7.64. The number of quaternary nitrogens is 3. The molecule has 1 heterocycles. The quantitative estimate of drug-likeness (QED) is 0.438. The first-order chi connectivity index (χ1) is 8.17. The first kappa shape index (κ1) is 14.9. The van der Waals surface area contributed by atoms with Crippen LogP contribution in [0.2, 0.25) is 0 Å². The fourth-order valence-electron chi connectivity index (χ4n) is 3.12. The molecule has 1 unspecified atom stereocenters. The third-order valence-corrected chi connectivity index (χ3v) is 4.27. The molecule has 0 aromatic rings. The highest BCUT2D eigenvalue weighted by Crippen LogP contribution is 1.95. The standard InChI is InChI=1S/C14H31N3/c1-5-9-16-10-7-14(8-11-16)17(6-2)13-12-15(3)4/h14H,5-13H2,1-4H3/p+3. The lowest BCUT2D eigenvalue weighted by Gasteiger charge is -2.33. The summed E-state index contributed by atoms with van der Waals surface area (Å²) in [6, 6.07) is 0.944. The molecule has 1 fully saturated rings. The van der Waals surface area contributed by atoms with E-state index in [9.17, 15) is 0 Å². The number of likely N-dealkylation sites (tertiary alicyclic amines) is 1. The molecule has 1 aliphatic heterocycles. The van der Waals surface area contributed by atoms with Crippen molar-refractivity contribution in [1.29, 1.82) is 0 Å². The van der Waals surface area contributed by atoms with Gasteiger partial charge in [-0.15, -0.1) is 0 Å². The number of piperidine rings is 1. The van der Waals surface area contributed by atoms with Gasteiger partial charge in [-0.2, -0.15) is 0 Å². The van der Waals surface area contributed by atoms with Crippen LogP contribution >= 0.6 is 0 Å². The summed E-state index contributed by atoms with van der Waals surface area (Å²) in [5, 5.41) is 0. The van der Waals surface area contributed by atoms with E-state index in [4.69, 9.17) is 0 Å². The Hall–Kier alpha value is -0.120. The van der Waals surface area contributed by atoms with Crippen LogP contribution in [0.1, 0.15) is 33.1 Å². The predicted molar refractivity (Wildman–Crippen MR) is 72.9 cm³/mol. The van der Waals surface area contributed by atoms with Crippen LogP contribution in [0.15, 0.2) is 0 Å². The average molecular weight is 244 g/mol. The average Bonchev–Trinajstić information content (AvgIpc) is 2.32. The minimum atomic E-state index is 0.944. The molecule has 17 heavy (non-hydrogen) atoms. The summed E-state index contributed by atoms with van der Waals surface area (Å²) in [5.41, 5.74) is 0. The van der Waals surface area contributed by atoms with Crippen LogP contribution in [0.25, 0.3) is 0 Å². The fourth-order valence-corrected chi connectivity index (χ4v) is 3.12. The number of hydrogen-bond acceptors (Lipinski definition) is 0. The number of hydrogen-bond donors (Lipinski definition) is 3. The molecule has 0 aromatic carbocycles. The zero-order valence-electron chi connectivity index (χ0n) is 12.4. The van der Waals surface area contributed by atoms with Gasteiger partial charge in [0.25, 0.3) is 0 Å². The van der Waals surface area contributed by atoms with Crippen molar-refractivity contribution >= 4 is 0 Å². The van der Waals surface area contributed by atoms with Crippen molar-refractivity contribution in [2.24, 2.45) is 0 Å². The molecule has 1 aliphatic rings. The Labute approximate surface area is 108 Å². The van der Waals surface area contributed by atoms with E-state index in [2.05, 4.69) is 27.9 Å². The molecule has 0 spiro atoms. The van der Waals surface area contributed by atoms with Gasteiger partial charge in [-0.05, 0) is 13.3 Å². The third-order valence-electron chi connectivity index (χ3n) is 4.27. The maximum Gasteiger partial charge on any atom is 0.127 e. The number of nitrogens with one attached hydrogen (secondary N) is 3. The van der Waals surface area contributed by atoms with E-state index in [1.807, 2.05) is 9.80 Å². The predicted octanol–water partition coefficient (Wildman–Crippen LogP) is -2.51. The maximum atomic E-state index is 2.35. The Kier molecular flexibility index (Phi) is 7.09. The first-order valence-electron chi connectivity index (χ1n) is 7.64. The lowest BCUT2D eigenvalue weighted by molar-refractivity contribution is -0.975. The number of rotatable bonds is 7. The SMILES string of the molecule is CCC[NH+]1CCC([NH+](CC)CC[NH+](C)C)CC1. The summed E-state index contributed by atoms with van der Waals surface area (Å²) in [6.45, 7) is 12.8. The van der Waals surface area contributed by atoms with Crippen LogP contribution in [0, 0.1) is 0 Å². The molecule has 1 atom stereocenters. The van der Waals surface area contributed by atoms with Crippen molar-refractivity contribution in [2.45, 2.75) is 39.2 Å². The van der Waals surface area contributed by atoms with Crippen molar-refractivity contribution in [3.05, 3.63) is 0 Å². The van der Waals surface area contributed by atoms with Crippen LogP contribution in [-0.2, 0) is 0 Å². The summed E-state index contributed by atoms with van der Waals surface area (Å²) < 4.78 is 0. The Balaban J connectivity index is 2.29. The van der Waals surface area contributed by atoms with E-state index >= 15 is 0 Å². The molecule has 3 nitrogen and oxygen atoms in total. The normalized spacial score (nSPS) is 27.4. The van der Waals surface area contributed by atoms with Gasteiger partial charge in [0.2, 0.25) is 0 Å². The van der Waals surface area contributed by atoms with E-state index in [1.165, 1.54) is 58.5 Å². The highest BCUT2D eigenvalue weighted by molar-refractivity contribution is 4.59. The van der Waals surface area contributed by atoms with Crippen molar-refractivity contribution in [2.75, 3.05) is 53.4 Å². The molecule has 3 N–H and O–H groups in total. The lowest BCUT2D eigenvalue weighted by atomic mass is 10.0. The van der Waals surface area contributed by atoms with E-state index in [1.54, 1.807) is 4.90 Å². The van der Waals surface area contributed by atoms with Gasteiger partial charge in [0, 0.05) is 12.8 Å². The van der Waals surface area contributed by atoms with E-state index in [0.29, 0.717) is 0 Å². The monoisotopic (exact) mass is 244 g/mol. The van der Waals surface area contributed by atoms with Gasteiger partial charge in [-0.25, -0.2) is 0 Å². The van der Waals surface area contributed by atoms with Gasteiger partial charge in [-0.1, -0.05) is 6.92 Å². The summed E-state index contributed by atoms with van der Waals surface area (Å²) in [5.74, 6) is 0. The Morgan fingerprint density at radius 2 is 1.71 bits per heavy atom. The van der Waals surface area contributed by atoms with E-state index < -0.39 is 0 Å². The fraction of sp³-hybridized carbons (Fsp3) is 1.00. The summed E-state index contributed by atoms with van der Waals surface area (Å²) in [7, 11) is 4.53. The Morgan fingerprint density at radius 3 is 2.18 bits per heavy atom. The summed E-state index contributed by atoms with van der Waals surface area (Å²) in [4.78, 5) is 5.28. The summed E-state index contributed by atoms with van der Waals surface area (Å²) >= 11 is 0. The number of likely N-dealkylation sites (N-methyl/N-ethyl adjacent to an activating group) is 2. The molecule has 1 saturated heterocycles. The second kappa shape index (κ2) is 8.06. The van der Waals surface area contributed by atoms with Gasteiger partial charge in [0.1, 0.15) is 13.1 Å². The molecule has 1 rings (SSSR count). The highest BCUT2D eigenvalue weighted by Gasteiger charge is 2.28. The van der Waals surface area contributed by atoms with Crippen LogP contribution in [0.4, 0.5) is 0 Å². The van der Waals surface area contributed by atoms with Crippen LogP contribution in [0.5, 0.6) is 0 Å². The molecule has 0 amide bonds. The Morgan fingerprint density at radius 1 is 1.06 bits per heavy atom. The Bertz CT molecular complexity index is 186. The molecule has 0 bridgehead atoms. The van der Waals surface area contributed by atoms with Crippen molar-refractivity contribution < 1.29 is 14.7 Å².